The van der Waals surface area contributed by atoms with E-state index in [0.717, 1.165) is 37.4 Å². The molecule has 5 nitrogen and oxygen atoms in total. The van der Waals surface area contributed by atoms with Crippen molar-refractivity contribution < 1.29 is 4.84 Å². The lowest BCUT2D eigenvalue weighted by atomic mass is 10.2. The van der Waals surface area contributed by atoms with Crippen molar-refractivity contribution in [3.63, 3.8) is 0 Å². The Bertz CT molecular complexity index is 481. The second-order valence-corrected chi connectivity index (χ2v) is 5.49. The molecule has 106 valence electrons. The van der Waals surface area contributed by atoms with Crippen LogP contribution < -0.4 is 0 Å². The first-order chi connectivity index (χ1) is 9.04. The van der Waals surface area contributed by atoms with E-state index in [4.69, 9.17) is 16.4 Å². The molecule has 0 spiro atoms. The molecule has 0 aromatic carbocycles. The Morgan fingerprint density at radius 1 is 1.42 bits per heavy atom. The standard InChI is InChI=1S/C13H21ClN4O/c1-9(2)17-6-5-7-18-11(8-17)12(14)13(15-18)10(3)16-19-4/h9H,5-8H2,1-4H3/b16-10+. The zero-order valence-corrected chi connectivity index (χ0v) is 12.7. The average molecular weight is 285 g/mol. The molecule has 2 heterocycles. The Hall–Kier alpha value is -1.07. The maximum atomic E-state index is 6.47. The lowest BCUT2D eigenvalue weighted by Crippen LogP contribution is -2.30. The smallest absolute Gasteiger partial charge is 0.129 e. The van der Waals surface area contributed by atoms with Crippen LogP contribution in [0.25, 0.3) is 0 Å². The maximum absolute atomic E-state index is 6.47. The van der Waals surface area contributed by atoms with E-state index in [1.165, 1.54) is 7.11 Å². The Morgan fingerprint density at radius 3 is 2.79 bits per heavy atom. The summed E-state index contributed by atoms with van der Waals surface area (Å²) in [5.41, 5.74) is 2.52. The number of aryl methyl sites for hydroxylation is 1. The quantitative estimate of drug-likeness (QED) is 0.633. The zero-order valence-electron chi connectivity index (χ0n) is 12.0. The van der Waals surface area contributed by atoms with E-state index in [9.17, 15) is 0 Å². The third-order valence-corrected chi connectivity index (χ3v) is 3.86. The lowest BCUT2D eigenvalue weighted by molar-refractivity contribution is 0.213. The number of oxime groups is 1. The number of rotatable bonds is 3. The molecule has 1 aromatic rings. The van der Waals surface area contributed by atoms with Crippen molar-refractivity contribution >= 4 is 17.3 Å². The first kappa shape index (κ1) is 14.3. The van der Waals surface area contributed by atoms with Crippen molar-refractivity contribution in [1.82, 2.24) is 14.7 Å². The van der Waals surface area contributed by atoms with Crippen LogP contribution in [0, 0.1) is 0 Å². The minimum absolute atomic E-state index is 0.509. The molecule has 0 saturated heterocycles. The fourth-order valence-corrected chi connectivity index (χ4v) is 2.69. The first-order valence-corrected chi connectivity index (χ1v) is 6.99. The zero-order chi connectivity index (χ0) is 14.0. The van der Waals surface area contributed by atoms with Gasteiger partial charge in [-0.05, 0) is 27.2 Å². The van der Waals surface area contributed by atoms with Crippen LogP contribution in [0.2, 0.25) is 5.02 Å². The van der Waals surface area contributed by atoms with E-state index in [-0.39, 0.29) is 0 Å². The van der Waals surface area contributed by atoms with E-state index < -0.39 is 0 Å². The van der Waals surface area contributed by atoms with Crippen LogP contribution >= 0.6 is 11.6 Å². The molecule has 2 rings (SSSR count). The highest BCUT2D eigenvalue weighted by Crippen LogP contribution is 2.26. The molecule has 1 aromatic heterocycles. The van der Waals surface area contributed by atoms with Gasteiger partial charge in [-0.1, -0.05) is 16.8 Å². The summed E-state index contributed by atoms with van der Waals surface area (Å²) in [7, 11) is 1.53. The molecular formula is C13H21ClN4O. The molecule has 1 aliphatic rings. The van der Waals surface area contributed by atoms with E-state index in [1.54, 1.807) is 0 Å². The molecular weight excluding hydrogens is 264 g/mol. The predicted molar refractivity (Wildman–Crippen MR) is 76.6 cm³/mol. The number of halogens is 1. The maximum Gasteiger partial charge on any atom is 0.129 e. The van der Waals surface area contributed by atoms with Gasteiger partial charge in [-0.15, -0.1) is 0 Å². The van der Waals surface area contributed by atoms with Crippen molar-refractivity contribution in [3.05, 3.63) is 16.4 Å². The monoisotopic (exact) mass is 284 g/mol. The first-order valence-electron chi connectivity index (χ1n) is 6.62. The van der Waals surface area contributed by atoms with Crippen LogP contribution in [0.5, 0.6) is 0 Å². The van der Waals surface area contributed by atoms with Gasteiger partial charge in [0.2, 0.25) is 0 Å². The summed E-state index contributed by atoms with van der Waals surface area (Å²) < 4.78 is 2.01. The normalized spacial score (nSPS) is 17.5. The number of nitrogens with zero attached hydrogens (tertiary/aromatic N) is 4. The van der Waals surface area contributed by atoms with Crippen LogP contribution in [0.1, 0.15) is 38.6 Å². The molecule has 0 atom stereocenters. The van der Waals surface area contributed by atoms with Gasteiger partial charge < -0.3 is 4.84 Å². The van der Waals surface area contributed by atoms with Crippen molar-refractivity contribution in [1.29, 1.82) is 0 Å². The Labute approximate surface area is 119 Å². The Kier molecular flexibility index (Phi) is 4.47. The van der Waals surface area contributed by atoms with Crippen molar-refractivity contribution in [3.8, 4) is 0 Å². The number of hydrogen-bond donors (Lipinski definition) is 0. The molecule has 0 bridgehead atoms. The summed E-state index contributed by atoms with van der Waals surface area (Å²) >= 11 is 6.47. The second kappa shape index (κ2) is 5.92. The van der Waals surface area contributed by atoms with Crippen molar-refractivity contribution in [2.45, 2.75) is 46.3 Å². The molecule has 0 aliphatic carbocycles. The van der Waals surface area contributed by atoms with Gasteiger partial charge in [-0.25, -0.2) is 0 Å². The summed E-state index contributed by atoms with van der Waals surface area (Å²) in [5, 5.41) is 9.19. The molecule has 0 amide bonds. The summed E-state index contributed by atoms with van der Waals surface area (Å²) in [6, 6.07) is 0.509. The minimum Gasteiger partial charge on any atom is -0.399 e. The van der Waals surface area contributed by atoms with E-state index in [2.05, 4.69) is 29.0 Å². The third kappa shape index (κ3) is 2.92. The van der Waals surface area contributed by atoms with Gasteiger partial charge in [0.05, 0.1) is 10.7 Å². The van der Waals surface area contributed by atoms with E-state index >= 15 is 0 Å². The van der Waals surface area contributed by atoms with E-state index in [1.807, 2.05) is 11.6 Å². The number of aromatic nitrogens is 2. The van der Waals surface area contributed by atoms with Crippen LogP contribution in [0.3, 0.4) is 0 Å². The Balaban J connectivity index is 2.36. The van der Waals surface area contributed by atoms with Gasteiger partial charge in [-0.3, -0.25) is 9.58 Å². The lowest BCUT2D eigenvalue weighted by Gasteiger charge is -2.23. The minimum atomic E-state index is 0.509. The fourth-order valence-electron chi connectivity index (χ4n) is 2.36. The molecule has 0 saturated carbocycles. The van der Waals surface area contributed by atoms with Gasteiger partial charge in [0.1, 0.15) is 18.5 Å². The molecule has 1 aliphatic heterocycles. The largest absolute Gasteiger partial charge is 0.399 e. The molecule has 0 radical (unpaired) electrons. The molecule has 6 heteroatoms. The summed E-state index contributed by atoms with van der Waals surface area (Å²) in [4.78, 5) is 7.21. The van der Waals surface area contributed by atoms with Crippen LogP contribution in [0.15, 0.2) is 5.16 Å². The van der Waals surface area contributed by atoms with Crippen molar-refractivity contribution in [2.75, 3.05) is 13.7 Å². The molecule has 0 N–H and O–H groups in total. The van der Waals surface area contributed by atoms with Crippen molar-refractivity contribution in [2.24, 2.45) is 5.16 Å². The third-order valence-electron chi connectivity index (χ3n) is 3.46. The summed E-state index contributed by atoms with van der Waals surface area (Å²) in [5.74, 6) is 0. The van der Waals surface area contributed by atoms with Crippen LogP contribution in [-0.2, 0) is 17.9 Å². The van der Waals surface area contributed by atoms with E-state index in [0.29, 0.717) is 16.8 Å². The fraction of sp³-hybridized carbons (Fsp3) is 0.692. The Morgan fingerprint density at radius 2 is 2.16 bits per heavy atom. The van der Waals surface area contributed by atoms with Gasteiger partial charge in [0.25, 0.3) is 0 Å². The number of hydrogen-bond acceptors (Lipinski definition) is 4. The van der Waals surface area contributed by atoms with Gasteiger partial charge in [-0.2, -0.15) is 5.10 Å². The van der Waals surface area contributed by atoms with Gasteiger partial charge in [0.15, 0.2) is 0 Å². The average Bonchev–Trinajstić information content (AvgIpc) is 2.56. The highest BCUT2D eigenvalue weighted by Gasteiger charge is 2.24. The van der Waals surface area contributed by atoms with Crippen LogP contribution in [0.4, 0.5) is 0 Å². The second-order valence-electron chi connectivity index (χ2n) is 5.11. The summed E-state index contributed by atoms with van der Waals surface area (Å²) in [6.07, 6.45) is 1.09. The number of fused-ring (bicyclic) bond motifs is 1. The van der Waals surface area contributed by atoms with Gasteiger partial charge in [0, 0.05) is 25.7 Å². The topological polar surface area (TPSA) is 42.7 Å². The molecule has 0 unspecified atom stereocenters. The highest BCUT2D eigenvalue weighted by molar-refractivity contribution is 6.34. The summed E-state index contributed by atoms with van der Waals surface area (Å²) in [6.45, 7) is 9.09. The van der Waals surface area contributed by atoms with Gasteiger partial charge >= 0.3 is 0 Å². The highest BCUT2D eigenvalue weighted by atomic mass is 35.5. The SMILES string of the molecule is CO/N=C(\C)c1nn2c(c1Cl)CN(C(C)C)CCC2. The van der Waals surface area contributed by atoms with Crippen LogP contribution in [-0.4, -0.2) is 40.1 Å². The molecule has 19 heavy (non-hydrogen) atoms. The predicted octanol–water partition coefficient (Wildman–Crippen LogP) is 2.52. The molecule has 0 fully saturated rings.